The highest BCUT2D eigenvalue weighted by Crippen LogP contribution is 2.15. The predicted octanol–water partition coefficient (Wildman–Crippen LogP) is 1.19. The van der Waals surface area contributed by atoms with E-state index in [1.165, 1.54) is 0 Å². The zero-order valence-corrected chi connectivity index (χ0v) is 13.3. The number of amides is 2. The second kappa shape index (κ2) is 7.46. The van der Waals surface area contributed by atoms with Gasteiger partial charge in [0.1, 0.15) is 0 Å². The van der Waals surface area contributed by atoms with Crippen LogP contribution in [0.4, 0.5) is 5.69 Å². The van der Waals surface area contributed by atoms with Crippen LogP contribution < -0.4 is 5.32 Å². The van der Waals surface area contributed by atoms with Crippen molar-refractivity contribution in [3.8, 4) is 0 Å². The first-order chi connectivity index (χ1) is 11.2. The monoisotopic (exact) mass is 317 g/mol. The van der Waals surface area contributed by atoms with Gasteiger partial charge in [0.15, 0.2) is 0 Å². The molecule has 1 N–H and O–H groups in total. The van der Waals surface area contributed by atoms with Crippen molar-refractivity contribution in [2.75, 3.05) is 51.3 Å². The van der Waals surface area contributed by atoms with Crippen molar-refractivity contribution in [1.82, 2.24) is 9.80 Å². The molecule has 2 saturated heterocycles. The molecule has 0 radical (unpaired) electrons. The molecular weight excluding hydrogens is 294 g/mol. The number of ether oxygens (including phenoxy) is 1. The molecule has 1 aromatic carbocycles. The van der Waals surface area contributed by atoms with Crippen LogP contribution in [0.5, 0.6) is 0 Å². The number of carbonyl (C=O) groups is 2. The van der Waals surface area contributed by atoms with Gasteiger partial charge >= 0.3 is 0 Å². The van der Waals surface area contributed by atoms with E-state index in [2.05, 4.69) is 5.32 Å². The van der Waals surface area contributed by atoms with E-state index in [0.717, 1.165) is 31.6 Å². The number of benzene rings is 1. The summed E-state index contributed by atoms with van der Waals surface area (Å²) >= 11 is 0. The van der Waals surface area contributed by atoms with Crippen LogP contribution in [-0.4, -0.2) is 67.6 Å². The number of rotatable bonds is 4. The molecule has 0 atom stereocenters. The minimum Gasteiger partial charge on any atom is -0.378 e. The standard InChI is InChI=1S/C17H23N3O3/c21-16(19-9-11-23-12-10-19)13-18-15-5-3-14(4-6-15)17(22)20-7-1-2-8-20/h3-6,18H,1-2,7-13H2. The van der Waals surface area contributed by atoms with E-state index in [1.54, 1.807) is 0 Å². The normalized spacial score (nSPS) is 18.1. The molecule has 0 aliphatic carbocycles. The average Bonchev–Trinajstić information content (AvgIpc) is 3.15. The van der Waals surface area contributed by atoms with Gasteiger partial charge < -0.3 is 19.9 Å². The van der Waals surface area contributed by atoms with Gasteiger partial charge in [0.2, 0.25) is 5.91 Å². The van der Waals surface area contributed by atoms with Crippen molar-refractivity contribution >= 4 is 17.5 Å². The summed E-state index contributed by atoms with van der Waals surface area (Å²) in [5.74, 6) is 0.170. The van der Waals surface area contributed by atoms with Crippen LogP contribution in [0, 0.1) is 0 Å². The Balaban J connectivity index is 1.51. The first-order valence-corrected chi connectivity index (χ1v) is 8.23. The summed E-state index contributed by atoms with van der Waals surface area (Å²) in [5.41, 5.74) is 1.56. The van der Waals surface area contributed by atoms with Crippen LogP contribution >= 0.6 is 0 Å². The maximum atomic E-state index is 12.3. The molecule has 0 saturated carbocycles. The smallest absolute Gasteiger partial charge is 0.253 e. The number of likely N-dealkylation sites (tertiary alicyclic amines) is 1. The van der Waals surface area contributed by atoms with Crippen molar-refractivity contribution in [2.45, 2.75) is 12.8 Å². The Hall–Kier alpha value is -2.08. The summed E-state index contributed by atoms with van der Waals surface area (Å²) in [6.07, 6.45) is 2.18. The van der Waals surface area contributed by atoms with Crippen molar-refractivity contribution in [2.24, 2.45) is 0 Å². The van der Waals surface area contributed by atoms with Crippen LogP contribution in [-0.2, 0) is 9.53 Å². The zero-order valence-electron chi connectivity index (χ0n) is 13.3. The fourth-order valence-corrected chi connectivity index (χ4v) is 2.94. The molecule has 0 spiro atoms. The summed E-state index contributed by atoms with van der Waals surface area (Å²) < 4.78 is 5.24. The van der Waals surface area contributed by atoms with E-state index >= 15 is 0 Å². The lowest BCUT2D eigenvalue weighted by molar-refractivity contribution is -0.133. The Bertz CT molecular complexity index is 547. The third kappa shape index (κ3) is 4.01. The van der Waals surface area contributed by atoms with E-state index in [1.807, 2.05) is 34.1 Å². The topological polar surface area (TPSA) is 61.9 Å². The quantitative estimate of drug-likeness (QED) is 0.906. The first kappa shape index (κ1) is 15.8. The second-order valence-corrected chi connectivity index (χ2v) is 5.92. The van der Waals surface area contributed by atoms with Crippen LogP contribution in [0.3, 0.4) is 0 Å². The molecule has 2 amide bonds. The van der Waals surface area contributed by atoms with E-state index in [-0.39, 0.29) is 18.4 Å². The van der Waals surface area contributed by atoms with Gasteiger partial charge in [-0.3, -0.25) is 9.59 Å². The van der Waals surface area contributed by atoms with Gasteiger partial charge in [-0.25, -0.2) is 0 Å². The molecular formula is C17H23N3O3. The van der Waals surface area contributed by atoms with Gasteiger partial charge in [-0.15, -0.1) is 0 Å². The third-order valence-corrected chi connectivity index (χ3v) is 4.33. The van der Waals surface area contributed by atoms with Gasteiger partial charge in [0, 0.05) is 37.4 Å². The van der Waals surface area contributed by atoms with Crippen LogP contribution in [0.15, 0.2) is 24.3 Å². The molecule has 0 aromatic heterocycles. The predicted molar refractivity (Wildman–Crippen MR) is 87.5 cm³/mol. The van der Waals surface area contributed by atoms with Crippen molar-refractivity contribution in [3.05, 3.63) is 29.8 Å². The summed E-state index contributed by atoms with van der Waals surface area (Å²) in [6.45, 7) is 4.50. The fraction of sp³-hybridized carbons (Fsp3) is 0.529. The molecule has 124 valence electrons. The molecule has 6 heteroatoms. The van der Waals surface area contributed by atoms with E-state index < -0.39 is 0 Å². The number of morpholine rings is 1. The van der Waals surface area contributed by atoms with Gasteiger partial charge in [-0.2, -0.15) is 0 Å². The van der Waals surface area contributed by atoms with E-state index in [9.17, 15) is 9.59 Å². The second-order valence-electron chi connectivity index (χ2n) is 5.92. The number of anilines is 1. The Labute approximate surface area is 136 Å². The number of carbonyl (C=O) groups excluding carboxylic acids is 2. The molecule has 1 aromatic rings. The Morgan fingerprint density at radius 2 is 1.61 bits per heavy atom. The van der Waals surface area contributed by atoms with Crippen molar-refractivity contribution in [3.63, 3.8) is 0 Å². The summed E-state index contributed by atoms with van der Waals surface area (Å²) in [4.78, 5) is 28.0. The summed E-state index contributed by atoms with van der Waals surface area (Å²) in [6, 6.07) is 7.36. The van der Waals surface area contributed by atoms with E-state index in [4.69, 9.17) is 4.74 Å². The molecule has 6 nitrogen and oxygen atoms in total. The van der Waals surface area contributed by atoms with E-state index in [0.29, 0.717) is 31.9 Å². The molecule has 2 fully saturated rings. The number of hydrogen-bond acceptors (Lipinski definition) is 4. The van der Waals surface area contributed by atoms with Gasteiger partial charge in [-0.1, -0.05) is 0 Å². The summed E-state index contributed by atoms with van der Waals surface area (Å²) in [7, 11) is 0. The average molecular weight is 317 g/mol. The Morgan fingerprint density at radius 1 is 0.957 bits per heavy atom. The van der Waals surface area contributed by atoms with Crippen molar-refractivity contribution in [1.29, 1.82) is 0 Å². The molecule has 23 heavy (non-hydrogen) atoms. The van der Waals surface area contributed by atoms with Crippen LogP contribution in [0.2, 0.25) is 0 Å². The maximum absolute atomic E-state index is 12.3. The fourth-order valence-electron chi connectivity index (χ4n) is 2.94. The third-order valence-electron chi connectivity index (χ3n) is 4.33. The molecule has 0 bridgehead atoms. The van der Waals surface area contributed by atoms with Gasteiger partial charge in [0.05, 0.1) is 19.8 Å². The maximum Gasteiger partial charge on any atom is 0.253 e. The Morgan fingerprint density at radius 3 is 2.26 bits per heavy atom. The zero-order chi connectivity index (χ0) is 16.1. The highest BCUT2D eigenvalue weighted by atomic mass is 16.5. The number of nitrogens with one attached hydrogen (secondary N) is 1. The summed E-state index contributed by atoms with van der Waals surface area (Å²) in [5, 5.41) is 3.12. The molecule has 2 aliphatic heterocycles. The first-order valence-electron chi connectivity index (χ1n) is 8.23. The Kier molecular flexibility index (Phi) is 5.12. The SMILES string of the molecule is O=C(CNc1ccc(C(=O)N2CCCC2)cc1)N1CCOCC1. The number of hydrogen-bond donors (Lipinski definition) is 1. The molecule has 2 aliphatic rings. The lowest BCUT2D eigenvalue weighted by Gasteiger charge is -2.27. The molecule has 2 heterocycles. The minimum atomic E-state index is 0.0746. The number of nitrogens with zero attached hydrogens (tertiary/aromatic N) is 2. The van der Waals surface area contributed by atoms with Gasteiger partial charge in [-0.05, 0) is 37.1 Å². The lowest BCUT2D eigenvalue weighted by atomic mass is 10.2. The van der Waals surface area contributed by atoms with Crippen molar-refractivity contribution < 1.29 is 14.3 Å². The largest absolute Gasteiger partial charge is 0.378 e. The van der Waals surface area contributed by atoms with Gasteiger partial charge in [0.25, 0.3) is 5.91 Å². The minimum absolute atomic E-state index is 0.0746. The van der Waals surface area contributed by atoms with Crippen LogP contribution in [0.25, 0.3) is 0 Å². The van der Waals surface area contributed by atoms with Crippen LogP contribution in [0.1, 0.15) is 23.2 Å². The highest BCUT2D eigenvalue weighted by Gasteiger charge is 2.19. The molecule has 0 unspecified atom stereocenters. The lowest BCUT2D eigenvalue weighted by Crippen LogP contribution is -2.43. The highest BCUT2D eigenvalue weighted by molar-refractivity contribution is 5.94. The molecule has 3 rings (SSSR count).